The molecule has 110 valence electrons. The smallest absolute Gasteiger partial charge is 0.260 e. The monoisotopic (exact) mass is 306 g/mol. The van der Waals surface area contributed by atoms with Crippen LogP contribution < -0.4 is 10.6 Å². The number of rotatable bonds is 4. The fourth-order valence-corrected chi connectivity index (χ4v) is 3.36. The molecule has 21 heavy (non-hydrogen) atoms. The number of fused-ring (bicyclic) bond motifs is 1. The molecule has 0 saturated heterocycles. The van der Waals surface area contributed by atoms with Crippen molar-refractivity contribution in [2.75, 3.05) is 17.2 Å². The summed E-state index contributed by atoms with van der Waals surface area (Å²) in [4.78, 5) is 21.7. The lowest BCUT2D eigenvalue weighted by Crippen LogP contribution is -2.15. The SMILES string of the molecule is CCNc1nccc(C(=O)Nc2nc3c(s2)CCC3)c1F. The molecule has 0 unspecified atom stereocenters. The maximum Gasteiger partial charge on any atom is 0.260 e. The first-order valence-electron chi connectivity index (χ1n) is 6.87. The number of hydrogen-bond donors (Lipinski definition) is 2. The predicted octanol–water partition coefficient (Wildman–Crippen LogP) is 2.85. The molecule has 0 saturated carbocycles. The number of aryl methyl sites for hydroxylation is 2. The molecular weight excluding hydrogens is 291 g/mol. The molecule has 0 fully saturated rings. The number of nitrogens with zero attached hydrogens (tertiary/aromatic N) is 2. The highest BCUT2D eigenvalue weighted by Crippen LogP contribution is 2.30. The third-order valence-corrected chi connectivity index (χ3v) is 4.37. The van der Waals surface area contributed by atoms with Gasteiger partial charge in [-0.2, -0.15) is 0 Å². The Morgan fingerprint density at radius 2 is 2.33 bits per heavy atom. The van der Waals surface area contributed by atoms with E-state index in [0.717, 1.165) is 25.0 Å². The Balaban J connectivity index is 1.80. The summed E-state index contributed by atoms with van der Waals surface area (Å²) in [6.07, 6.45) is 4.50. The lowest BCUT2D eigenvalue weighted by Gasteiger charge is -2.07. The van der Waals surface area contributed by atoms with Crippen LogP contribution in [0.3, 0.4) is 0 Å². The molecule has 2 aromatic heterocycles. The van der Waals surface area contributed by atoms with Crippen molar-refractivity contribution < 1.29 is 9.18 Å². The zero-order chi connectivity index (χ0) is 14.8. The van der Waals surface area contributed by atoms with Gasteiger partial charge < -0.3 is 5.32 Å². The van der Waals surface area contributed by atoms with Crippen LogP contribution in [0.2, 0.25) is 0 Å². The van der Waals surface area contributed by atoms with Gasteiger partial charge in [0.2, 0.25) is 0 Å². The maximum absolute atomic E-state index is 14.2. The Labute approximate surface area is 125 Å². The summed E-state index contributed by atoms with van der Waals surface area (Å²) in [6.45, 7) is 2.37. The average Bonchev–Trinajstić information content (AvgIpc) is 3.02. The topological polar surface area (TPSA) is 66.9 Å². The molecule has 2 heterocycles. The highest BCUT2D eigenvalue weighted by atomic mass is 32.1. The van der Waals surface area contributed by atoms with Crippen LogP contribution in [0.5, 0.6) is 0 Å². The molecule has 0 spiro atoms. The quantitative estimate of drug-likeness (QED) is 0.911. The van der Waals surface area contributed by atoms with Crippen molar-refractivity contribution in [1.29, 1.82) is 0 Å². The summed E-state index contributed by atoms with van der Waals surface area (Å²) in [6, 6.07) is 1.37. The normalized spacial score (nSPS) is 13.0. The van der Waals surface area contributed by atoms with Gasteiger partial charge in [-0.1, -0.05) is 0 Å². The van der Waals surface area contributed by atoms with E-state index in [2.05, 4.69) is 20.6 Å². The van der Waals surface area contributed by atoms with E-state index in [1.54, 1.807) is 0 Å². The first-order chi connectivity index (χ1) is 10.2. The van der Waals surface area contributed by atoms with Gasteiger partial charge in [-0.05, 0) is 32.3 Å². The largest absolute Gasteiger partial charge is 0.368 e. The first kappa shape index (κ1) is 13.9. The second kappa shape index (κ2) is 5.77. The number of carbonyl (C=O) groups excluding carboxylic acids is 1. The van der Waals surface area contributed by atoms with Crippen LogP contribution in [0.25, 0.3) is 0 Å². The number of anilines is 2. The van der Waals surface area contributed by atoms with Gasteiger partial charge in [0.25, 0.3) is 5.91 Å². The molecular formula is C14H15FN4OS. The van der Waals surface area contributed by atoms with E-state index in [0.29, 0.717) is 11.7 Å². The van der Waals surface area contributed by atoms with E-state index in [1.807, 2.05) is 6.92 Å². The van der Waals surface area contributed by atoms with E-state index in [1.165, 1.54) is 28.5 Å². The van der Waals surface area contributed by atoms with E-state index in [4.69, 9.17) is 0 Å². The predicted molar refractivity (Wildman–Crippen MR) is 80.5 cm³/mol. The van der Waals surface area contributed by atoms with Crippen LogP contribution >= 0.6 is 11.3 Å². The van der Waals surface area contributed by atoms with Crippen LogP contribution in [0.4, 0.5) is 15.3 Å². The van der Waals surface area contributed by atoms with Gasteiger partial charge in [0.05, 0.1) is 11.3 Å². The minimum Gasteiger partial charge on any atom is -0.368 e. The molecule has 1 aliphatic carbocycles. The highest BCUT2D eigenvalue weighted by Gasteiger charge is 2.20. The first-order valence-corrected chi connectivity index (χ1v) is 7.69. The Morgan fingerprint density at radius 1 is 1.48 bits per heavy atom. The Morgan fingerprint density at radius 3 is 3.10 bits per heavy atom. The van der Waals surface area contributed by atoms with Crippen LogP contribution in [0.15, 0.2) is 12.3 Å². The highest BCUT2D eigenvalue weighted by molar-refractivity contribution is 7.15. The molecule has 3 rings (SSSR count). The van der Waals surface area contributed by atoms with Crippen molar-refractivity contribution in [3.8, 4) is 0 Å². The molecule has 5 nitrogen and oxygen atoms in total. The van der Waals surface area contributed by atoms with Gasteiger partial charge in [-0.25, -0.2) is 14.4 Å². The fraction of sp³-hybridized carbons (Fsp3) is 0.357. The number of thiazole rings is 1. The van der Waals surface area contributed by atoms with Crippen LogP contribution in [0.1, 0.15) is 34.3 Å². The number of carbonyl (C=O) groups is 1. The van der Waals surface area contributed by atoms with Gasteiger partial charge in [0, 0.05) is 17.6 Å². The summed E-state index contributed by atoms with van der Waals surface area (Å²) >= 11 is 1.47. The van der Waals surface area contributed by atoms with Crippen LogP contribution in [0, 0.1) is 5.82 Å². The van der Waals surface area contributed by atoms with Gasteiger partial charge in [0.1, 0.15) is 0 Å². The van der Waals surface area contributed by atoms with Crippen LogP contribution in [-0.2, 0) is 12.8 Å². The number of amides is 1. The van der Waals surface area contributed by atoms with Gasteiger partial charge in [0.15, 0.2) is 16.8 Å². The molecule has 0 radical (unpaired) electrons. The van der Waals surface area contributed by atoms with Gasteiger partial charge in [-0.3, -0.25) is 10.1 Å². The molecule has 0 aromatic carbocycles. The summed E-state index contributed by atoms with van der Waals surface area (Å²) < 4.78 is 14.2. The molecule has 7 heteroatoms. The third-order valence-electron chi connectivity index (χ3n) is 3.29. The molecule has 0 aliphatic heterocycles. The van der Waals surface area contributed by atoms with Gasteiger partial charge in [-0.15, -0.1) is 11.3 Å². The summed E-state index contributed by atoms with van der Waals surface area (Å²) in [7, 11) is 0. The van der Waals surface area contributed by atoms with Crippen molar-refractivity contribution >= 4 is 28.2 Å². The third kappa shape index (κ3) is 2.73. The lowest BCUT2D eigenvalue weighted by molar-refractivity contribution is 0.102. The molecule has 1 amide bonds. The second-order valence-corrected chi connectivity index (χ2v) is 5.83. The number of aromatic nitrogens is 2. The zero-order valence-corrected chi connectivity index (χ0v) is 12.4. The Kier molecular flexibility index (Phi) is 3.83. The number of nitrogens with one attached hydrogen (secondary N) is 2. The zero-order valence-electron chi connectivity index (χ0n) is 11.6. The second-order valence-electron chi connectivity index (χ2n) is 4.75. The summed E-state index contributed by atoms with van der Waals surface area (Å²) in [5, 5.41) is 5.99. The fourth-order valence-electron chi connectivity index (χ4n) is 2.32. The van der Waals surface area contributed by atoms with E-state index in [-0.39, 0.29) is 11.4 Å². The Bertz CT molecular complexity index is 664. The minimum atomic E-state index is -0.638. The van der Waals surface area contributed by atoms with Crippen molar-refractivity contribution in [2.45, 2.75) is 26.2 Å². The molecule has 1 aliphatic rings. The minimum absolute atomic E-state index is 0.0312. The van der Waals surface area contributed by atoms with Crippen molar-refractivity contribution in [2.24, 2.45) is 0 Å². The maximum atomic E-state index is 14.2. The van der Waals surface area contributed by atoms with E-state index < -0.39 is 11.7 Å². The molecule has 2 aromatic rings. The van der Waals surface area contributed by atoms with E-state index in [9.17, 15) is 9.18 Å². The summed E-state index contributed by atoms with van der Waals surface area (Å²) in [5.74, 6) is -1.05. The van der Waals surface area contributed by atoms with Crippen LogP contribution in [-0.4, -0.2) is 22.4 Å². The number of hydrogen-bond acceptors (Lipinski definition) is 5. The van der Waals surface area contributed by atoms with Gasteiger partial charge >= 0.3 is 0 Å². The average molecular weight is 306 g/mol. The summed E-state index contributed by atoms with van der Waals surface area (Å²) in [5.41, 5.74) is 1.02. The van der Waals surface area contributed by atoms with E-state index >= 15 is 0 Å². The molecule has 2 N–H and O–H groups in total. The van der Waals surface area contributed by atoms with Crippen molar-refractivity contribution in [3.05, 3.63) is 34.2 Å². The standard InChI is InChI=1S/C14H15FN4OS/c1-2-16-12-11(15)8(6-7-17-12)13(20)19-14-18-9-4-3-5-10(9)21-14/h6-7H,2-5H2,1H3,(H,16,17)(H,18,19,20). The van der Waals surface area contributed by atoms with Crippen molar-refractivity contribution in [3.63, 3.8) is 0 Å². The Hall–Kier alpha value is -2.02. The number of halogens is 1. The number of pyridine rings is 1. The lowest BCUT2D eigenvalue weighted by atomic mass is 10.2. The molecule has 0 bridgehead atoms. The van der Waals surface area contributed by atoms with Crippen molar-refractivity contribution in [1.82, 2.24) is 9.97 Å². The molecule has 0 atom stereocenters.